The summed E-state index contributed by atoms with van der Waals surface area (Å²) in [6.45, 7) is 7.27. The molecule has 5 nitrogen and oxygen atoms in total. The van der Waals surface area contributed by atoms with E-state index in [-0.39, 0.29) is 12.7 Å². The summed E-state index contributed by atoms with van der Waals surface area (Å²) in [6.07, 6.45) is 1.41. The second kappa shape index (κ2) is 6.47. The predicted molar refractivity (Wildman–Crippen MR) is 62.3 cm³/mol. The molecule has 1 aliphatic heterocycles. The lowest BCUT2D eigenvalue weighted by Crippen LogP contribution is -2.41. The molecule has 0 spiro atoms. The van der Waals surface area contributed by atoms with Gasteiger partial charge in [0.25, 0.3) is 0 Å². The van der Waals surface area contributed by atoms with Gasteiger partial charge in [-0.25, -0.2) is 0 Å². The van der Waals surface area contributed by atoms with E-state index in [4.69, 9.17) is 14.2 Å². The molecule has 1 heterocycles. The lowest BCUT2D eigenvalue weighted by Gasteiger charge is -2.33. The fourth-order valence-corrected chi connectivity index (χ4v) is 1.63. The van der Waals surface area contributed by atoms with Gasteiger partial charge < -0.3 is 24.4 Å². The largest absolute Gasteiger partial charge is 0.393 e. The van der Waals surface area contributed by atoms with Gasteiger partial charge in [-0.15, -0.1) is 6.58 Å². The summed E-state index contributed by atoms with van der Waals surface area (Å²) < 4.78 is 16.1. The lowest BCUT2D eigenvalue weighted by molar-refractivity contribution is -0.248. The molecule has 0 amide bonds. The molecule has 0 aliphatic carbocycles. The van der Waals surface area contributed by atoms with Crippen molar-refractivity contribution in [3.05, 3.63) is 12.7 Å². The van der Waals surface area contributed by atoms with Crippen LogP contribution >= 0.6 is 0 Å². The molecule has 0 aromatic carbocycles. The van der Waals surface area contributed by atoms with Gasteiger partial charge in [-0.05, 0) is 13.8 Å². The van der Waals surface area contributed by atoms with Crippen LogP contribution in [0.3, 0.4) is 0 Å². The lowest BCUT2D eigenvalue weighted by atomic mass is 10.1. The van der Waals surface area contributed by atoms with Gasteiger partial charge >= 0.3 is 0 Å². The van der Waals surface area contributed by atoms with E-state index in [0.29, 0.717) is 19.4 Å². The molecule has 100 valence electrons. The summed E-state index contributed by atoms with van der Waals surface area (Å²) in [7, 11) is 0. The Labute approximate surface area is 102 Å². The molecule has 17 heavy (non-hydrogen) atoms. The van der Waals surface area contributed by atoms with Crippen LogP contribution in [0.5, 0.6) is 0 Å². The summed E-state index contributed by atoms with van der Waals surface area (Å²) >= 11 is 0. The van der Waals surface area contributed by atoms with Crippen molar-refractivity contribution in [2.75, 3.05) is 13.2 Å². The zero-order valence-electron chi connectivity index (χ0n) is 10.5. The van der Waals surface area contributed by atoms with Crippen molar-refractivity contribution in [3.63, 3.8) is 0 Å². The minimum atomic E-state index is -1.19. The van der Waals surface area contributed by atoms with Gasteiger partial charge in [0, 0.05) is 12.8 Å². The molecule has 3 atom stereocenters. The van der Waals surface area contributed by atoms with E-state index in [1.165, 1.54) is 0 Å². The third kappa shape index (κ3) is 6.14. The van der Waals surface area contributed by atoms with Crippen molar-refractivity contribution in [3.8, 4) is 0 Å². The second-order valence-electron chi connectivity index (χ2n) is 4.69. The normalized spacial score (nSPS) is 30.2. The third-order valence-corrected chi connectivity index (χ3v) is 2.37. The van der Waals surface area contributed by atoms with Crippen LogP contribution in [0.15, 0.2) is 12.7 Å². The molecule has 2 N–H and O–H groups in total. The molecular formula is C12H22O5. The van der Waals surface area contributed by atoms with Gasteiger partial charge in [-0.1, -0.05) is 6.08 Å². The van der Waals surface area contributed by atoms with Crippen molar-refractivity contribution in [2.45, 2.75) is 51.0 Å². The van der Waals surface area contributed by atoms with Crippen LogP contribution in [0, 0.1) is 0 Å². The molecule has 1 fully saturated rings. The Morgan fingerprint density at radius 2 is 2.18 bits per heavy atom. The van der Waals surface area contributed by atoms with Crippen LogP contribution < -0.4 is 0 Å². The van der Waals surface area contributed by atoms with Crippen LogP contribution in [0.1, 0.15) is 26.7 Å². The number of hydrogen-bond donors (Lipinski definition) is 2. The summed E-state index contributed by atoms with van der Waals surface area (Å²) in [4.78, 5) is 0. The summed E-state index contributed by atoms with van der Waals surface area (Å²) in [6, 6.07) is 0. The van der Waals surface area contributed by atoms with Gasteiger partial charge in [0.2, 0.25) is 0 Å². The summed E-state index contributed by atoms with van der Waals surface area (Å²) in [5.41, 5.74) is 0. The topological polar surface area (TPSA) is 68.2 Å². The first-order valence-corrected chi connectivity index (χ1v) is 5.83. The maximum Gasteiger partial charge on any atom is 0.160 e. The first kappa shape index (κ1) is 14.6. The maximum absolute atomic E-state index is 9.67. The smallest absolute Gasteiger partial charge is 0.160 e. The SMILES string of the molecule is C=CCOC1C[C@@H](O)C[C@@H](COC(C)(C)O)O1. The number of aliphatic hydroxyl groups excluding tert-OH is 1. The quantitative estimate of drug-likeness (QED) is 0.536. The van der Waals surface area contributed by atoms with Crippen molar-refractivity contribution < 1.29 is 24.4 Å². The molecule has 0 radical (unpaired) electrons. The minimum absolute atomic E-state index is 0.231. The third-order valence-electron chi connectivity index (χ3n) is 2.37. The van der Waals surface area contributed by atoms with Gasteiger partial charge in [-0.3, -0.25) is 0 Å². The highest BCUT2D eigenvalue weighted by Gasteiger charge is 2.30. The zero-order valence-corrected chi connectivity index (χ0v) is 10.5. The number of ether oxygens (including phenoxy) is 3. The van der Waals surface area contributed by atoms with Crippen molar-refractivity contribution in [1.29, 1.82) is 0 Å². The van der Waals surface area contributed by atoms with Crippen LogP contribution in [-0.2, 0) is 14.2 Å². The standard InChI is InChI=1S/C12H22O5/c1-4-5-15-11-7-9(13)6-10(17-11)8-16-12(2,3)14/h4,9-11,13-14H,1,5-8H2,2-3H3/t9-,10-,11?/m0/s1. The second-order valence-corrected chi connectivity index (χ2v) is 4.69. The molecule has 0 aromatic heterocycles. The van der Waals surface area contributed by atoms with Crippen molar-refractivity contribution in [2.24, 2.45) is 0 Å². The Kier molecular flexibility index (Phi) is 5.55. The monoisotopic (exact) mass is 246 g/mol. The Morgan fingerprint density at radius 3 is 2.76 bits per heavy atom. The van der Waals surface area contributed by atoms with Gasteiger partial charge in [0.05, 0.1) is 25.4 Å². The first-order chi connectivity index (χ1) is 7.90. The van der Waals surface area contributed by atoms with E-state index in [1.807, 2.05) is 0 Å². The number of aliphatic hydroxyl groups is 2. The van der Waals surface area contributed by atoms with Crippen molar-refractivity contribution >= 4 is 0 Å². The molecule has 1 aliphatic rings. The number of rotatable bonds is 6. The molecule has 0 bridgehead atoms. The zero-order chi connectivity index (χ0) is 12.9. The fourth-order valence-electron chi connectivity index (χ4n) is 1.63. The average Bonchev–Trinajstić information content (AvgIpc) is 2.22. The van der Waals surface area contributed by atoms with Crippen LogP contribution in [0.4, 0.5) is 0 Å². The van der Waals surface area contributed by atoms with Crippen LogP contribution in [0.2, 0.25) is 0 Å². The van der Waals surface area contributed by atoms with Crippen molar-refractivity contribution in [1.82, 2.24) is 0 Å². The molecule has 0 aromatic rings. The minimum Gasteiger partial charge on any atom is -0.393 e. The van der Waals surface area contributed by atoms with Gasteiger partial charge in [0.1, 0.15) is 0 Å². The predicted octanol–water partition coefficient (Wildman–Crippen LogP) is 0.800. The van der Waals surface area contributed by atoms with E-state index in [9.17, 15) is 10.2 Å². The van der Waals surface area contributed by atoms with E-state index in [0.717, 1.165) is 0 Å². The first-order valence-electron chi connectivity index (χ1n) is 5.83. The Morgan fingerprint density at radius 1 is 1.47 bits per heavy atom. The Balaban J connectivity index is 2.36. The molecule has 1 unspecified atom stereocenters. The molecule has 5 heteroatoms. The average molecular weight is 246 g/mol. The van der Waals surface area contributed by atoms with E-state index in [1.54, 1.807) is 19.9 Å². The highest BCUT2D eigenvalue weighted by molar-refractivity contribution is 4.75. The molecule has 1 saturated heterocycles. The maximum atomic E-state index is 9.67. The van der Waals surface area contributed by atoms with Crippen LogP contribution in [-0.4, -0.2) is 47.7 Å². The van der Waals surface area contributed by atoms with Gasteiger partial charge in [-0.2, -0.15) is 0 Å². The van der Waals surface area contributed by atoms with E-state index in [2.05, 4.69) is 6.58 Å². The Hall–Kier alpha value is -0.460. The highest BCUT2D eigenvalue weighted by Crippen LogP contribution is 2.21. The molecule has 1 rings (SSSR count). The van der Waals surface area contributed by atoms with E-state index < -0.39 is 18.2 Å². The molecule has 0 saturated carbocycles. The van der Waals surface area contributed by atoms with Gasteiger partial charge in [0.15, 0.2) is 12.1 Å². The fraction of sp³-hybridized carbons (Fsp3) is 0.833. The summed E-state index contributed by atoms with van der Waals surface area (Å²) in [5, 5.41) is 19.1. The Bertz CT molecular complexity index is 236. The molecular weight excluding hydrogens is 224 g/mol. The number of hydrogen-bond acceptors (Lipinski definition) is 5. The van der Waals surface area contributed by atoms with E-state index >= 15 is 0 Å². The van der Waals surface area contributed by atoms with Crippen LogP contribution in [0.25, 0.3) is 0 Å². The highest BCUT2D eigenvalue weighted by atomic mass is 16.7. The summed E-state index contributed by atoms with van der Waals surface area (Å²) in [5.74, 6) is -1.19.